The van der Waals surface area contributed by atoms with E-state index in [1.165, 1.54) is 0 Å². The van der Waals surface area contributed by atoms with Crippen LogP contribution >= 0.6 is 0 Å². The van der Waals surface area contributed by atoms with Crippen LogP contribution in [0.5, 0.6) is 0 Å². The van der Waals surface area contributed by atoms with Gasteiger partial charge >= 0.3 is 5.97 Å². The van der Waals surface area contributed by atoms with E-state index in [1.54, 1.807) is 0 Å². The Kier molecular flexibility index (Phi) is 2.77. The summed E-state index contributed by atoms with van der Waals surface area (Å²) >= 11 is 0. The molecule has 2 unspecified atom stereocenters. The molecule has 2 atom stereocenters. The second-order valence-corrected chi connectivity index (χ2v) is 6.13. The minimum atomic E-state index is -0.929. The molecule has 0 aromatic heterocycles. The Bertz CT molecular complexity index is 284. The SMILES string of the molecule is CC1CC(C)CC(C(=O)O)(C2(O)CCC2)C1. The lowest BCUT2D eigenvalue weighted by atomic mass is 9.52. The van der Waals surface area contributed by atoms with Gasteiger partial charge in [-0.1, -0.05) is 13.8 Å². The molecule has 0 amide bonds. The zero-order valence-corrected chi connectivity index (χ0v) is 10.2. The first-order chi connectivity index (χ1) is 7.40. The summed E-state index contributed by atoms with van der Waals surface area (Å²) in [5.41, 5.74) is -1.80. The first-order valence-electron chi connectivity index (χ1n) is 6.35. The molecule has 0 spiro atoms. The molecule has 0 saturated heterocycles. The third kappa shape index (κ3) is 1.56. The van der Waals surface area contributed by atoms with Gasteiger partial charge < -0.3 is 10.2 Å². The summed E-state index contributed by atoms with van der Waals surface area (Å²) in [5, 5.41) is 20.1. The molecule has 0 aromatic carbocycles. The first-order valence-corrected chi connectivity index (χ1v) is 6.35. The van der Waals surface area contributed by atoms with Crippen LogP contribution in [0.15, 0.2) is 0 Å². The number of rotatable bonds is 2. The zero-order chi connectivity index (χ0) is 12.0. The predicted molar refractivity (Wildman–Crippen MR) is 61.0 cm³/mol. The third-order valence-electron chi connectivity index (χ3n) is 4.68. The first kappa shape index (κ1) is 11.9. The molecule has 3 heteroatoms. The van der Waals surface area contributed by atoms with E-state index in [2.05, 4.69) is 13.8 Å². The maximum Gasteiger partial charge on any atom is 0.312 e. The standard InChI is InChI=1S/C13H22O3/c1-9-6-10(2)8-12(7-9,11(14)15)13(16)4-3-5-13/h9-10,16H,3-8H2,1-2H3,(H,14,15). The van der Waals surface area contributed by atoms with Gasteiger partial charge in [0.2, 0.25) is 0 Å². The van der Waals surface area contributed by atoms with Crippen molar-refractivity contribution >= 4 is 5.97 Å². The number of aliphatic carboxylic acids is 1. The Labute approximate surface area is 96.9 Å². The van der Waals surface area contributed by atoms with Gasteiger partial charge in [-0.3, -0.25) is 4.79 Å². The van der Waals surface area contributed by atoms with Crippen LogP contribution in [0.4, 0.5) is 0 Å². The van der Waals surface area contributed by atoms with Crippen LogP contribution in [0.3, 0.4) is 0 Å². The van der Waals surface area contributed by atoms with E-state index in [4.69, 9.17) is 0 Å². The Morgan fingerprint density at radius 1 is 1.19 bits per heavy atom. The largest absolute Gasteiger partial charge is 0.481 e. The molecule has 3 nitrogen and oxygen atoms in total. The molecule has 0 bridgehead atoms. The number of carboxylic acids is 1. The van der Waals surface area contributed by atoms with Crippen LogP contribution in [0.1, 0.15) is 52.4 Å². The van der Waals surface area contributed by atoms with Crippen molar-refractivity contribution < 1.29 is 15.0 Å². The van der Waals surface area contributed by atoms with Crippen molar-refractivity contribution in [2.24, 2.45) is 17.3 Å². The maximum absolute atomic E-state index is 11.6. The van der Waals surface area contributed by atoms with Gasteiger partial charge in [0.15, 0.2) is 0 Å². The van der Waals surface area contributed by atoms with Crippen molar-refractivity contribution in [3.05, 3.63) is 0 Å². The van der Waals surface area contributed by atoms with Crippen molar-refractivity contribution in [1.82, 2.24) is 0 Å². The zero-order valence-electron chi connectivity index (χ0n) is 10.2. The highest BCUT2D eigenvalue weighted by Gasteiger charge is 2.60. The summed E-state index contributed by atoms with van der Waals surface area (Å²) in [7, 11) is 0. The van der Waals surface area contributed by atoms with E-state index in [0.29, 0.717) is 37.5 Å². The molecule has 2 saturated carbocycles. The fourth-order valence-electron chi connectivity index (χ4n) is 3.87. The van der Waals surface area contributed by atoms with Crippen LogP contribution < -0.4 is 0 Å². The van der Waals surface area contributed by atoms with E-state index in [9.17, 15) is 15.0 Å². The lowest BCUT2D eigenvalue weighted by molar-refractivity contribution is -0.198. The number of carbonyl (C=O) groups is 1. The van der Waals surface area contributed by atoms with Crippen molar-refractivity contribution in [3.8, 4) is 0 Å². The van der Waals surface area contributed by atoms with E-state index in [1.807, 2.05) is 0 Å². The van der Waals surface area contributed by atoms with Crippen molar-refractivity contribution in [3.63, 3.8) is 0 Å². The molecule has 0 aliphatic heterocycles. The Balaban J connectivity index is 2.31. The summed E-state index contributed by atoms with van der Waals surface area (Å²) in [6, 6.07) is 0. The van der Waals surface area contributed by atoms with Crippen molar-refractivity contribution in [1.29, 1.82) is 0 Å². The van der Waals surface area contributed by atoms with E-state index in [-0.39, 0.29) is 0 Å². The smallest absolute Gasteiger partial charge is 0.312 e. The van der Waals surface area contributed by atoms with Gasteiger partial charge in [-0.25, -0.2) is 0 Å². The van der Waals surface area contributed by atoms with Gasteiger partial charge in [-0.05, 0) is 50.4 Å². The monoisotopic (exact) mass is 226 g/mol. The summed E-state index contributed by atoms with van der Waals surface area (Å²) < 4.78 is 0. The summed E-state index contributed by atoms with van der Waals surface area (Å²) in [5.74, 6) is 0.0297. The van der Waals surface area contributed by atoms with Gasteiger partial charge in [0.25, 0.3) is 0 Å². The van der Waals surface area contributed by atoms with Crippen LogP contribution in [-0.2, 0) is 4.79 Å². The molecular formula is C13H22O3. The van der Waals surface area contributed by atoms with Crippen LogP contribution in [0.25, 0.3) is 0 Å². The fraction of sp³-hybridized carbons (Fsp3) is 0.923. The average Bonchev–Trinajstić information content (AvgIpc) is 2.11. The quantitative estimate of drug-likeness (QED) is 0.760. The van der Waals surface area contributed by atoms with Gasteiger partial charge in [-0.15, -0.1) is 0 Å². The average molecular weight is 226 g/mol. The molecule has 2 aliphatic rings. The Morgan fingerprint density at radius 3 is 2.00 bits per heavy atom. The molecular weight excluding hydrogens is 204 g/mol. The van der Waals surface area contributed by atoms with Gasteiger partial charge in [0.05, 0.1) is 11.0 Å². The maximum atomic E-state index is 11.6. The number of hydrogen-bond acceptors (Lipinski definition) is 2. The third-order valence-corrected chi connectivity index (χ3v) is 4.68. The second kappa shape index (κ2) is 3.73. The van der Waals surface area contributed by atoms with Gasteiger partial charge in [0, 0.05) is 0 Å². The molecule has 2 aliphatic carbocycles. The highest BCUT2D eigenvalue weighted by atomic mass is 16.4. The Hall–Kier alpha value is -0.570. The minimum absolute atomic E-state index is 0.407. The van der Waals surface area contributed by atoms with Crippen LogP contribution in [-0.4, -0.2) is 21.8 Å². The normalized spacial score (nSPS) is 42.4. The van der Waals surface area contributed by atoms with E-state index in [0.717, 1.165) is 12.8 Å². The summed E-state index contributed by atoms with van der Waals surface area (Å²) in [6.07, 6.45) is 4.67. The number of aliphatic hydroxyl groups is 1. The molecule has 0 heterocycles. The molecule has 0 aromatic rings. The lowest BCUT2D eigenvalue weighted by Crippen LogP contribution is -2.60. The number of carboxylic acid groups (broad SMARTS) is 1. The topological polar surface area (TPSA) is 57.5 Å². The summed E-state index contributed by atoms with van der Waals surface area (Å²) in [4.78, 5) is 11.6. The molecule has 0 radical (unpaired) electrons. The van der Waals surface area contributed by atoms with Crippen molar-refractivity contribution in [2.45, 2.75) is 58.0 Å². The summed E-state index contributed by atoms with van der Waals surface area (Å²) in [6.45, 7) is 4.21. The molecule has 92 valence electrons. The molecule has 2 fully saturated rings. The highest BCUT2D eigenvalue weighted by molar-refractivity contribution is 5.77. The van der Waals surface area contributed by atoms with E-state index < -0.39 is 17.0 Å². The molecule has 16 heavy (non-hydrogen) atoms. The second-order valence-electron chi connectivity index (χ2n) is 6.13. The minimum Gasteiger partial charge on any atom is -0.481 e. The molecule has 2 N–H and O–H groups in total. The lowest BCUT2D eigenvalue weighted by Gasteiger charge is -2.54. The fourth-order valence-corrected chi connectivity index (χ4v) is 3.87. The highest BCUT2D eigenvalue weighted by Crippen LogP contribution is 2.56. The predicted octanol–water partition coefficient (Wildman–Crippen LogP) is 2.43. The van der Waals surface area contributed by atoms with Crippen LogP contribution in [0.2, 0.25) is 0 Å². The Morgan fingerprint density at radius 2 is 1.69 bits per heavy atom. The number of hydrogen-bond donors (Lipinski definition) is 2. The van der Waals surface area contributed by atoms with Crippen LogP contribution in [0, 0.1) is 17.3 Å². The van der Waals surface area contributed by atoms with E-state index >= 15 is 0 Å². The molecule has 2 rings (SSSR count). The van der Waals surface area contributed by atoms with Gasteiger partial charge in [0.1, 0.15) is 0 Å². The van der Waals surface area contributed by atoms with Crippen molar-refractivity contribution in [2.75, 3.05) is 0 Å². The van der Waals surface area contributed by atoms with Gasteiger partial charge in [-0.2, -0.15) is 0 Å².